The molecule has 0 saturated carbocycles. The minimum atomic E-state index is -1.04. The van der Waals surface area contributed by atoms with Crippen LogP contribution < -0.4 is 10.6 Å². The highest BCUT2D eigenvalue weighted by molar-refractivity contribution is 9.10. The van der Waals surface area contributed by atoms with Crippen molar-refractivity contribution in [1.29, 1.82) is 0 Å². The van der Waals surface area contributed by atoms with Crippen molar-refractivity contribution in [2.75, 3.05) is 0 Å². The van der Waals surface area contributed by atoms with Gasteiger partial charge >= 0.3 is 12.1 Å². The van der Waals surface area contributed by atoms with Crippen LogP contribution in [-0.4, -0.2) is 40.3 Å². The van der Waals surface area contributed by atoms with Gasteiger partial charge in [-0.1, -0.05) is 28.1 Å². The van der Waals surface area contributed by atoms with Crippen molar-refractivity contribution >= 4 is 33.9 Å². The molecular formula is C20H29BrN2O5. The third-order valence-corrected chi connectivity index (χ3v) is 4.20. The lowest BCUT2D eigenvalue weighted by Crippen LogP contribution is -2.54. The Morgan fingerprint density at radius 1 is 1.11 bits per heavy atom. The molecule has 8 heteroatoms. The Morgan fingerprint density at radius 3 is 2.18 bits per heavy atom. The van der Waals surface area contributed by atoms with Crippen molar-refractivity contribution < 1.29 is 24.2 Å². The van der Waals surface area contributed by atoms with Crippen LogP contribution in [0.25, 0.3) is 0 Å². The lowest BCUT2D eigenvalue weighted by molar-refractivity contribution is -0.137. The van der Waals surface area contributed by atoms with Crippen molar-refractivity contribution in [2.45, 2.75) is 71.1 Å². The predicted molar refractivity (Wildman–Crippen MR) is 110 cm³/mol. The molecule has 1 aromatic carbocycles. The Bertz CT molecular complexity index is 696. The van der Waals surface area contributed by atoms with Crippen LogP contribution in [0.4, 0.5) is 4.79 Å². The lowest BCUT2D eigenvalue weighted by atomic mass is 9.94. The highest BCUT2D eigenvalue weighted by Crippen LogP contribution is 2.17. The molecule has 0 aromatic heterocycles. The molecular weight excluding hydrogens is 428 g/mol. The number of hydrogen-bond donors (Lipinski definition) is 3. The van der Waals surface area contributed by atoms with Crippen molar-refractivity contribution in [2.24, 2.45) is 0 Å². The molecule has 0 unspecified atom stereocenters. The number of halogens is 1. The van der Waals surface area contributed by atoms with E-state index in [1.807, 2.05) is 38.1 Å². The van der Waals surface area contributed by atoms with Gasteiger partial charge in [0.15, 0.2) is 0 Å². The number of carboxylic acids is 1. The molecule has 0 saturated heterocycles. The van der Waals surface area contributed by atoms with E-state index in [4.69, 9.17) is 9.84 Å². The van der Waals surface area contributed by atoms with Gasteiger partial charge in [-0.2, -0.15) is 0 Å². The Hall–Kier alpha value is -2.09. The Morgan fingerprint density at radius 2 is 1.68 bits per heavy atom. The maximum absolute atomic E-state index is 12.7. The summed E-state index contributed by atoms with van der Waals surface area (Å²) in [6, 6.07) is 6.76. The second kappa shape index (κ2) is 9.91. The molecule has 7 nitrogen and oxygen atoms in total. The van der Waals surface area contributed by atoms with E-state index in [9.17, 15) is 14.4 Å². The number of amides is 2. The van der Waals surface area contributed by atoms with E-state index in [0.717, 1.165) is 10.0 Å². The van der Waals surface area contributed by atoms with Crippen LogP contribution in [0.15, 0.2) is 28.7 Å². The number of benzene rings is 1. The first-order chi connectivity index (χ1) is 12.8. The largest absolute Gasteiger partial charge is 0.481 e. The molecule has 0 radical (unpaired) electrons. The lowest BCUT2D eigenvalue weighted by Gasteiger charge is -2.30. The molecule has 2 amide bonds. The fraction of sp³-hybridized carbons (Fsp3) is 0.550. The molecule has 28 heavy (non-hydrogen) atoms. The highest BCUT2D eigenvalue weighted by Gasteiger charge is 2.29. The molecule has 3 N–H and O–H groups in total. The average Bonchev–Trinajstić information content (AvgIpc) is 2.50. The fourth-order valence-electron chi connectivity index (χ4n) is 2.56. The van der Waals surface area contributed by atoms with E-state index in [1.165, 1.54) is 0 Å². The van der Waals surface area contributed by atoms with Crippen LogP contribution in [-0.2, 0) is 20.7 Å². The summed E-state index contributed by atoms with van der Waals surface area (Å²) in [5.74, 6) is -1.49. The molecule has 1 aromatic rings. The van der Waals surface area contributed by atoms with E-state index < -0.39 is 35.2 Å². The maximum atomic E-state index is 12.7. The van der Waals surface area contributed by atoms with E-state index in [-0.39, 0.29) is 12.8 Å². The molecule has 0 aliphatic rings. The van der Waals surface area contributed by atoms with Crippen molar-refractivity contribution in [3.8, 4) is 0 Å². The number of carbonyl (C=O) groups is 3. The van der Waals surface area contributed by atoms with Crippen LogP contribution in [0, 0.1) is 0 Å². The molecule has 0 aliphatic carbocycles. The Balaban J connectivity index is 2.80. The van der Waals surface area contributed by atoms with Crippen molar-refractivity contribution in [3.63, 3.8) is 0 Å². The summed E-state index contributed by atoms with van der Waals surface area (Å²) in [4.78, 5) is 35.7. The number of hydrogen-bond acceptors (Lipinski definition) is 4. The Kier molecular flexibility index (Phi) is 8.48. The summed E-state index contributed by atoms with van der Waals surface area (Å²) in [7, 11) is 0. The first-order valence-electron chi connectivity index (χ1n) is 9.05. The van der Waals surface area contributed by atoms with Gasteiger partial charge in [0, 0.05) is 16.4 Å². The summed E-state index contributed by atoms with van der Waals surface area (Å²) >= 11 is 3.39. The van der Waals surface area contributed by atoms with Crippen molar-refractivity contribution in [1.82, 2.24) is 10.6 Å². The SMILES string of the molecule is CC(C)(Cc1ccc(Br)cc1)NC(=O)[C@H](CCC(=O)O)NC(=O)OC(C)(C)C. The number of alkyl carbamates (subject to hydrolysis) is 1. The molecule has 156 valence electrons. The van der Waals surface area contributed by atoms with Gasteiger partial charge in [-0.05, 0) is 65.2 Å². The maximum Gasteiger partial charge on any atom is 0.408 e. The van der Waals surface area contributed by atoms with E-state index in [0.29, 0.717) is 6.42 Å². The number of carbonyl (C=O) groups excluding carboxylic acids is 2. The molecule has 0 heterocycles. The Labute approximate surface area is 174 Å². The zero-order valence-electron chi connectivity index (χ0n) is 17.0. The molecule has 1 atom stereocenters. The van der Waals surface area contributed by atoms with Gasteiger partial charge in [0.2, 0.25) is 5.91 Å². The number of carboxylic acid groups (broad SMARTS) is 1. The van der Waals surface area contributed by atoms with Gasteiger partial charge in [0.25, 0.3) is 0 Å². The van der Waals surface area contributed by atoms with Crippen LogP contribution in [0.1, 0.15) is 53.0 Å². The van der Waals surface area contributed by atoms with E-state index in [2.05, 4.69) is 26.6 Å². The predicted octanol–water partition coefficient (Wildman–Crippen LogP) is 3.64. The molecule has 0 spiro atoms. The van der Waals surface area contributed by atoms with Crippen LogP contribution in [0.5, 0.6) is 0 Å². The normalized spacial score (nSPS) is 12.8. The van der Waals surface area contributed by atoms with Gasteiger partial charge in [-0.3, -0.25) is 9.59 Å². The highest BCUT2D eigenvalue weighted by atomic mass is 79.9. The van der Waals surface area contributed by atoms with E-state index >= 15 is 0 Å². The van der Waals surface area contributed by atoms with Crippen LogP contribution >= 0.6 is 15.9 Å². The summed E-state index contributed by atoms with van der Waals surface area (Å²) < 4.78 is 6.15. The van der Waals surface area contributed by atoms with Crippen LogP contribution in [0.2, 0.25) is 0 Å². The minimum absolute atomic E-state index is 0.0330. The summed E-state index contributed by atoms with van der Waals surface area (Å²) in [5.41, 5.74) is -0.281. The van der Waals surface area contributed by atoms with Crippen molar-refractivity contribution in [3.05, 3.63) is 34.3 Å². The summed E-state index contributed by atoms with van der Waals surface area (Å²) in [6.07, 6.45) is -0.469. The smallest absolute Gasteiger partial charge is 0.408 e. The first kappa shape index (κ1) is 23.9. The quantitative estimate of drug-likeness (QED) is 0.553. The van der Waals surface area contributed by atoms with Gasteiger partial charge < -0.3 is 20.5 Å². The van der Waals surface area contributed by atoms with Crippen LogP contribution in [0.3, 0.4) is 0 Å². The third kappa shape index (κ3) is 9.73. The molecule has 0 bridgehead atoms. The fourth-order valence-corrected chi connectivity index (χ4v) is 2.83. The van der Waals surface area contributed by atoms with Gasteiger partial charge in [-0.15, -0.1) is 0 Å². The number of nitrogens with one attached hydrogen (secondary N) is 2. The molecule has 0 fully saturated rings. The zero-order valence-corrected chi connectivity index (χ0v) is 18.6. The van der Waals surface area contributed by atoms with Gasteiger partial charge in [0.1, 0.15) is 11.6 Å². The molecule has 0 aliphatic heterocycles. The summed E-state index contributed by atoms with van der Waals surface area (Å²) in [6.45, 7) is 8.87. The third-order valence-electron chi connectivity index (χ3n) is 3.68. The van der Waals surface area contributed by atoms with Gasteiger partial charge in [0.05, 0.1) is 0 Å². The monoisotopic (exact) mass is 456 g/mol. The molecule has 1 rings (SSSR count). The average molecular weight is 457 g/mol. The topological polar surface area (TPSA) is 105 Å². The summed E-state index contributed by atoms with van der Waals surface area (Å²) in [5, 5.41) is 14.3. The standard InChI is InChI=1S/C20H29BrN2O5/c1-19(2,3)28-18(27)22-15(10-11-16(24)25)17(26)23-20(4,5)12-13-6-8-14(21)9-7-13/h6-9,15H,10-12H2,1-5H3,(H,22,27)(H,23,26)(H,24,25)/t15-/m0/s1. The number of ether oxygens (including phenoxy) is 1. The first-order valence-corrected chi connectivity index (χ1v) is 9.84. The zero-order chi connectivity index (χ0) is 21.5. The number of rotatable bonds is 8. The second-order valence-electron chi connectivity index (χ2n) is 8.31. The van der Waals surface area contributed by atoms with E-state index in [1.54, 1.807) is 20.8 Å². The second-order valence-corrected chi connectivity index (χ2v) is 9.22. The number of aliphatic carboxylic acids is 1. The van der Waals surface area contributed by atoms with Gasteiger partial charge in [-0.25, -0.2) is 4.79 Å². The minimum Gasteiger partial charge on any atom is -0.481 e.